The Hall–Kier alpha value is -0.810. The molecule has 12 heavy (non-hydrogen) atoms. The highest BCUT2D eigenvalue weighted by Crippen LogP contribution is 1.95. The van der Waals surface area contributed by atoms with Gasteiger partial charge in [0.15, 0.2) is 5.96 Å². The highest BCUT2D eigenvalue weighted by molar-refractivity contribution is 5.75. The molecule has 0 spiro atoms. The molecule has 0 unspecified atom stereocenters. The number of hydrogen-bond donors (Lipinski definition) is 3. The lowest BCUT2D eigenvalue weighted by molar-refractivity contribution is 0.137. The van der Waals surface area contributed by atoms with E-state index in [1.54, 1.807) is 0 Å². The van der Waals surface area contributed by atoms with Crippen LogP contribution in [0.2, 0.25) is 0 Å². The summed E-state index contributed by atoms with van der Waals surface area (Å²) in [6.45, 7) is 1.72. The van der Waals surface area contributed by atoms with Crippen molar-refractivity contribution in [2.75, 3.05) is 19.9 Å². The van der Waals surface area contributed by atoms with E-state index in [1.807, 2.05) is 0 Å². The Balaban J connectivity index is 2.96. The summed E-state index contributed by atoms with van der Waals surface area (Å²) in [6, 6.07) is 0. The molecular weight excluding hydrogens is 156 g/mol. The fraction of sp³-hybridized carbons (Fsp3) is 0.857. The van der Waals surface area contributed by atoms with Crippen LogP contribution in [0.15, 0.2) is 4.99 Å². The van der Waals surface area contributed by atoms with E-state index in [1.165, 1.54) is 0 Å². The van der Waals surface area contributed by atoms with Crippen LogP contribution in [0, 0.1) is 0 Å². The van der Waals surface area contributed by atoms with E-state index in [9.17, 15) is 0 Å². The van der Waals surface area contributed by atoms with Gasteiger partial charge in [0, 0.05) is 13.2 Å². The first kappa shape index (κ1) is 11.2. The molecule has 6 N–H and O–H groups in total. The standard InChI is InChI=1S/C7H18N4O/c8-6-12-5-3-1-2-4-11-7(9)10/h1-6,8H2,(H4,9,10,11). The molecular formula is C7H18N4O. The lowest BCUT2D eigenvalue weighted by atomic mass is 10.2. The Kier molecular flexibility index (Phi) is 7.73. The molecule has 0 saturated carbocycles. The number of unbranched alkanes of at least 4 members (excludes halogenated alkanes) is 2. The summed E-state index contributed by atoms with van der Waals surface area (Å²) >= 11 is 0. The van der Waals surface area contributed by atoms with E-state index < -0.39 is 0 Å². The van der Waals surface area contributed by atoms with Crippen molar-refractivity contribution in [3.05, 3.63) is 0 Å². The summed E-state index contributed by atoms with van der Waals surface area (Å²) < 4.78 is 4.95. The Morgan fingerprint density at radius 2 is 1.92 bits per heavy atom. The second-order valence-corrected chi connectivity index (χ2v) is 2.44. The average molecular weight is 174 g/mol. The Morgan fingerprint density at radius 3 is 2.50 bits per heavy atom. The first-order valence-electron chi connectivity index (χ1n) is 4.10. The van der Waals surface area contributed by atoms with Crippen LogP contribution in [0.1, 0.15) is 19.3 Å². The van der Waals surface area contributed by atoms with E-state index in [4.69, 9.17) is 21.9 Å². The monoisotopic (exact) mass is 174 g/mol. The molecule has 0 rings (SSSR count). The third-order valence-electron chi connectivity index (χ3n) is 1.36. The molecule has 0 fully saturated rings. The number of rotatable bonds is 7. The molecule has 0 atom stereocenters. The fourth-order valence-corrected chi connectivity index (χ4v) is 0.784. The molecule has 0 amide bonds. The van der Waals surface area contributed by atoms with Gasteiger partial charge in [-0.2, -0.15) is 0 Å². The highest BCUT2D eigenvalue weighted by atomic mass is 16.5. The molecule has 0 aliphatic carbocycles. The first-order valence-corrected chi connectivity index (χ1v) is 4.10. The molecule has 0 bridgehead atoms. The smallest absolute Gasteiger partial charge is 0.185 e. The molecule has 72 valence electrons. The molecule has 0 aliphatic rings. The van der Waals surface area contributed by atoms with Gasteiger partial charge in [0.2, 0.25) is 0 Å². The first-order chi connectivity index (χ1) is 5.77. The van der Waals surface area contributed by atoms with Crippen molar-refractivity contribution in [2.45, 2.75) is 19.3 Å². The quantitative estimate of drug-likeness (QED) is 0.207. The van der Waals surface area contributed by atoms with Crippen molar-refractivity contribution in [3.8, 4) is 0 Å². The molecule has 0 heterocycles. The van der Waals surface area contributed by atoms with Crippen LogP contribution in [-0.2, 0) is 4.74 Å². The van der Waals surface area contributed by atoms with Crippen molar-refractivity contribution < 1.29 is 4.74 Å². The van der Waals surface area contributed by atoms with Gasteiger partial charge in [-0.1, -0.05) is 0 Å². The van der Waals surface area contributed by atoms with Crippen LogP contribution in [-0.4, -0.2) is 25.8 Å². The SMILES string of the molecule is NCOCCCCCN=C(N)N. The Morgan fingerprint density at radius 1 is 1.17 bits per heavy atom. The maximum absolute atomic E-state index is 5.14. The van der Waals surface area contributed by atoms with Crippen molar-refractivity contribution in [1.29, 1.82) is 0 Å². The number of guanidine groups is 1. The van der Waals surface area contributed by atoms with Gasteiger partial charge in [-0.05, 0) is 19.3 Å². The second-order valence-electron chi connectivity index (χ2n) is 2.44. The van der Waals surface area contributed by atoms with E-state index >= 15 is 0 Å². The Bertz CT molecular complexity index is 123. The van der Waals surface area contributed by atoms with E-state index in [0.29, 0.717) is 13.3 Å². The van der Waals surface area contributed by atoms with Crippen molar-refractivity contribution >= 4 is 5.96 Å². The summed E-state index contributed by atoms with van der Waals surface area (Å²) in [5.74, 6) is 0.160. The minimum absolute atomic E-state index is 0.160. The fourth-order valence-electron chi connectivity index (χ4n) is 0.784. The van der Waals surface area contributed by atoms with Gasteiger partial charge in [0.05, 0.1) is 6.73 Å². The number of nitrogens with zero attached hydrogens (tertiary/aromatic N) is 1. The number of aliphatic imine (C=N–C) groups is 1. The zero-order valence-electron chi connectivity index (χ0n) is 7.33. The topological polar surface area (TPSA) is 99.6 Å². The van der Waals surface area contributed by atoms with Crippen LogP contribution in [0.5, 0.6) is 0 Å². The lowest BCUT2D eigenvalue weighted by Crippen LogP contribution is -2.22. The van der Waals surface area contributed by atoms with Gasteiger partial charge in [-0.3, -0.25) is 4.99 Å². The maximum Gasteiger partial charge on any atom is 0.185 e. The summed E-state index contributed by atoms with van der Waals surface area (Å²) in [6.07, 6.45) is 3.07. The van der Waals surface area contributed by atoms with Gasteiger partial charge < -0.3 is 21.9 Å². The number of ether oxygens (including phenoxy) is 1. The molecule has 0 aromatic rings. The molecule has 0 saturated heterocycles. The molecule has 5 nitrogen and oxygen atoms in total. The van der Waals surface area contributed by atoms with Crippen molar-refractivity contribution in [2.24, 2.45) is 22.2 Å². The second kappa shape index (κ2) is 8.29. The van der Waals surface area contributed by atoms with Crippen LogP contribution < -0.4 is 17.2 Å². The summed E-state index contributed by atoms with van der Waals surface area (Å²) in [5, 5.41) is 0. The number of hydrogen-bond acceptors (Lipinski definition) is 3. The van der Waals surface area contributed by atoms with E-state index in [2.05, 4.69) is 4.99 Å². The molecule has 0 aromatic carbocycles. The number of nitrogens with two attached hydrogens (primary N) is 3. The van der Waals surface area contributed by atoms with Crippen LogP contribution in [0.3, 0.4) is 0 Å². The van der Waals surface area contributed by atoms with Gasteiger partial charge in [-0.15, -0.1) is 0 Å². The molecule has 0 aromatic heterocycles. The van der Waals surface area contributed by atoms with E-state index in [0.717, 1.165) is 25.9 Å². The van der Waals surface area contributed by atoms with Crippen molar-refractivity contribution in [1.82, 2.24) is 0 Å². The molecule has 5 heteroatoms. The zero-order valence-corrected chi connectivity index (χ0v) is 7.33. The molecule has 0 aliphatic heterocycles. The third-order valence-corrected chi connectivity index (χ3v) is 1.36. The third kappa shape index (κ3) is 9.19. The minimum Gasteiger partial charge on any atom is -0.370 e. The maximum atomic E-state index is 5.14. The predicted octanol–water partition coefficient (Wildman–Crippen LogP) is -0.637. The molecule has 0 radical (unpaired) electrons. The van der Waals surface area contributed by atoms with Crippen LogP contribution >= 0.6 is 0 Å². The highest BCUT2D eigenvalue weighted by Gasteiger charge is 1.88. The Labute approximate surface area is 73.0 Å². The lowest BCUT2D eigenvalue weighted by Gasteiger charge is -1.99. The van der Waals surface area contributed by atoms with E-state index in [-0.39, 0.29) is 5.96 Å². The van der Waals surface area contributed by atoms with Crippen LogP contribution in [0.25, 0.3) is 0 Å². The predicted molar refractivity (Wildman–Crippen MR) is 49.5 cm³/mol. The van der Waals surface area contributed by atoms with Gasteiger partial charge in [0.25, 0.3) is 0 Å². The van der Waals surface area contributed by atoms with Gasteiger partial charge in [-0.25, -0.2) is 0 Å². The van der Waals surface area contributed by atoms with Crippen molar-refractivity contribution in [3.63, 3.8) is 0 Å². The largest absolute Gasteiger partial charge is 0.370 e. The minimum atomic E-state index is 0.160. The normalized spacial score (nSPS) is 9.75. The summed E-state index contributed by atoms with van der Waals surface area (Å²) in [7, 11) is 0. The zero-order chi connectivity index (χ0) is 9.23. The summed E-state index contributed by atoms with van der Waals surface area (Å²) in [5.41, 5.74) is 15.4. The van der Waals surface area contributed by atoms with Crippen LogP contribution in [0.4, 0.5) is 0 Å². The summed E-state index contributed by atoms with van der Waals surface area (Å²) in [4.78, 5) is 3.85. The average Bonchev–Trinajstić information content (AvgIpc) is 2.02. The van der Waals surface area contributed by atoms with Gasteiger partial charge in [0.1, 0.15) is 0 Å². The van der Waals surface area contributed by atoms with Gasteiger partial charge >= 0.3 is 0 Å².